The van der Waals surface area contributed by atoms with E-state index >= 15 is 0 Å². The van der Waals surface area contributed by atoms with Crippen molar-refractivity contribution in [2.75, 3.05) is 12.4 Å². The van der Waals surface area contributed by atoms with Crippen LogP contribution >= 0.6 is 15.9 Å². The molecular formula is C11H13BrFNO2. The maximum Gasteiger partial charge on any atom is 0.328 e. The maximum atomic E-state index is 13.5. The Morgan fingerprint density at radius 1 is 1.62 bits per heavy atom. The summed E-state index contributed by atoms with van der Waals surface area (Å²) in [6, 6.07) is 4.09. The highest BCUT2D eigenvalue weighted by Crippen LogP contribution is 2.20. The van der Waals surface area contributed by atoms with Crippen LogP contribution in [0.1, 0.15) is 13.3 Å². The molecule has 1 rings (SSSR count). The Morgan fingerprint density at radius 2 is 2.31 bits per heavy atom. The van der Waals surface area contributed by atoms with Crippen LogP contribution < -0.4 is 5.32 Å². The number of methoxy groups -OCH3 is 1. The van der Waals surface area contributed by atoms with Crippen LogP contribution in [-0.2, 0) is 9.53 Å². The van der Waals surface area contributed by atoms with Crippen molar-refractivity contribution < 1.29 is 13.9 Å². The van der Waals surface area contributed by atoms with Gasteiger partial charge in [-0.2, -0.15) is 0 Å². The molecule has 0 bridgehead atoms. The van der Waals surface area contributed by atoms with E-state index in [9.17, 15) is 9.18 Å². The number of carbonyl (C=O) groups excluding carboxylic acids is 1. The van der Waals surface area contributed by atoms with Crippen LogP contribution in [0.15, 0.2) is 22.7 Å². The lowest BCUT2D eigenvalue weighted by atomic mass is 10.2. The quantitative estimate of drug-likeness (QED) is 0.866. The van der Waals surface area contributed by atoms with E-state index in [1.165, 1.54) is 13.2 Å². The molecule has 0 fully saturated rings. The summed E-state index contributed by atoms with van der Waals surface area (Å²) in [7, 11) is 1.31. The van der Waals surface area contributed by atoms with E-state index in [1.54, 1.807) is 12.1 Å². The van der Waals surface area contributed by atoms with Gasteiger partial charge in [0.05, 0.1) is 12.8 Å². The number of carbonyl (C=O) groups is 1. The Balaban J connectivity index is 2.82. The predicted molar refractivity (Wildman–Crippen MR) is 63.8 cm³/mol. The van der Waals surface area contributed by atoms with Gasteiger partial charge < -0.3 is 10.1 Å². The number of hydrogen-bond acceptors (Lipinski definition) is 3. The number of nitrogens with one attached hydrogen (secondary N) is 1. The van der Waals surface area contributed by atoms with Gasteiger partial charge in [-0.1, -0.05) is 22.9 Å². The van der Waals surface area contributed by atoms with Gasteiger partial charge in [-0.15, -0.1) is 0 Å². The first-order valence-electron chi connectivity index (χ1n) is 4.88. The summed E-state index contributed by atoms with van der Waals surface area (Å²) < 4.78 is 18.7. The van der Waals surface area contributed by atoms with Crippen molar-refractivity contribution in [2.24, 2.45) is 0 Å². The Hall–Kier alpha value is -1.10. The van der Waals surface area contributed by atoms with E-state index in [0.29, 0.717) is 16.6 Å². The van der Waals surface area contributed by atoms with Gasteiger partial charge in [0.2, 0.25) is 0 Å². The van der Waals surface area contributed by atoms with Crippen molar-refractivity contribution in [3.8, 4) is 0 Å². The topological polar surface area (TPSA) is 38.3 Å². The summed E-state index contributed by atoms with van der Waals surface area (Å²) >= 11 is 3.16. The zero-order valence-electron chi connectivity index (χ0n) is 9.09. The highest BCUT2D eigenvalue weighted by molar-refractivity contribution is 9.10. The van der Waals surface area contributed by atoms with Crippen molar-refractivity contribution in [2.45, 2.75) is 19.4 Å². The lowest BCUT2D eigenvalue weighted by Crippen LogP contribution is -2.30. The number of ether oxygens (including phenoxy) is 1. The summed E-state index contributed by atoms with van der Waals surface area (Å²) in [4.78, 5) is 11.3. The molecule has 1 aromatic rings. The van der Waals surface area contributed by atoms with Crippen molar-refractivity contribution in [1.29, 1.82) is 0 Å². The van der Waals surface area contributed by atoms with Crippen molar-refractivity contribution in [3.05, 3.63) is 28.5 Å². The van der Waals surface area contributed by atoms with Crippen molar-refractivity contribution in [3.63, 3.8) is 0 Å². The van der Waals surface area contributed by atoms with Crippen LogP contribution in [0.5, 0.6) is 0 Å². The minimum Gasteiger partial charge on any atom is -0.467 e. The maximum absolute atomic E-state index is 13.5. The van der Waals surface area contributed by atoms with Crippen molar-refractivity contribution in [1.82, 2.24) is 0 Å². The standard InChI is InChI=1S/C11H13BrFNO2/c1-3-9(11(15)16-2)14-10-5-4-7(12)6-8(10)13/h4-6,9,14H,3H2,1-2H3. The molecule has 0 aromatic heterocycles. The molecule has 0 saturated carbocycles. The number of esters is 1. The van der Waals surface area contributed by atoms with Gasteiger partial charge >= 0.3 is 5.97 Å². The number of rotatable bonds is 4. The molecule has 1 atom stereocenters. The fourth-order valence-corrected chi connectivity index (χ4v) is 1.60. The van der Waals surface area contributed by atoms with Gasteiger partial charge in [0.1, 0.15) is 11.9 Å². The molecule has 0 aliphatic rings. The fourth-order valence-electron chi connectivity index (χ4n) is 1.26. The van der Waals surface area contributed by atoms with Crippen molar-refractivity contribution >= 4 is 27.6 Å². The van der Waals surface area contributed by atoms with Crippen LogP contribution in [0.4, 0.5) is 10.1 Å². The predicted octanol–water partition coefficient (Wildman–Crippen LogP) is 2.95. The first kappa shape index (κ1) is 13.0. The largest absolute Gasteiger partial charge is 0.467 e. The summed E-state index contributed by atoms with van der Waals surface area (Å²) in [6.45, 7) is 1.82. The molecule has 0 radical (unpaired) electrons. The van der Waals surface area contributed by atoms with Gasteiger partial charge in [0, 0.05) is 4.47 Å². The second-order valence-electron chi connectivity index (χ2n) is 3.25. The monoisotopic (exact) mass is 289 g/mol. The lowest BCUT2D eigenvalue weighted by molar-refractivity contribution is -0.141. The van der Waals surface area contributed by atoms with E-state index in [1.807, 2.05) is 6.92 Å². The average Bonchev–Trinajstić information content (AvgIpc) is 2.27. The SMILES string of the molecule is CCC(Nc1ccc(Br)cc1F)C(=O)OC. The normalized spacial score (nSPS) is 12.0. The first-order valence-corrected chi connectivity index (χ1v) is 5.67. The van der Waals surface area contributed by atoms with Crippen LogP contribution in [0.2, 0.25) is 0 Å². The Morgan fingerprint density at radius 3 is 2.81 bits per heavy atom. The van der Waals surface area contributed by atoms with E-state index in [-0.39, 0.29) is 0 Å². The highest BCUT2D eigenvalue weighted by Gasteiger charge is 2.17. The zero-order chi connectivity index (χ0) is 12.1. The first-order chi connectivity index (χ1) is 7.58. The Labute approximate surface area is 102 Å². The number of anilines is 1. The molecule has 1 aromatic carbocycles. The molecule has 0 heterocycles. The molecule has 1 N–H and O–H groups in total. The zero-order valence-corrected chi connectivity index (χ0v) is 10.7. The van der Waals surface area contributed by atoms with E-state index in [2.05, 4.69) is 26.0 Å². The number of halogens is 2. The molecule has 16 heavy (non-hydrogen) atoms. The summed E-state index contributed by atoms with van der Waals surface area (Å²) in [5.41, 5.74) is 0.292. The van der Waals surface area contributed by atoms with E-state index < -0.39 is 17.8 Å². The third-order valence-corrected chi connectivity index (χ3v) is 2.65. The molecule has 3 nitrogen and oxygen atoms in total. The Kier molecular flexibility index (Phi) is 4.73. The van der Waals surface area contributed by atoms with Gasteiger partial charge in [0.25, 0.3) is 0 Å². The lowest BCUT2D eigenvalue weighted by Gasteiger charge is -2.16. The molecule has 0 spiro atoms. The average molecular weight is 290 g/mol. The fraction of sp³-hybridized carbons (Fsp3) is 0.364. The van der Waals surface area contributed by atoms with Crippen LogP contribution in [0, 0.1) is 5.82 Å². The molecule has 88 valence electrons. The molecule has 0 aliphatic heterocycles. The van der Waals surface area contributed by atoms with Gasteiger partial charge in [-0.3, -0.25) is 0 Å². The molecule has 0 aliphatic carbocycles. The smallest absolute Gasteiger partial charge is 0.328 e. The van der Waals surface area contributed by atoms with Crippen LogP contribution in [-0.4, -0.2) is 19.1 Å². The number of benzene rings is 1. The minimum absolute atomic E-state index is 0.292. The molecule has 0 saturated heterocycles. The second-order valence-corrected chi connectivity index (χ2v) is 4.17. The highest BCUT2D eigenvalue weighted by atomic mass is 79.9. The van der Waals surface area contributed by atoms with Crippen LogP contribution in [0.25, 0.3) is 0 Å². The summed E-state index contributed by atoms with van der Waals surface area (Å²) in [5.74, 6) is -0.804. The summed E-state index contributed by atoms with van der Waals surface area (Å²) in [5, 5.41) is 2.80. The molecule has 0 amide bonds. The Bertz CT molecular complexity index is 384. The summed E-state index contributed by atoms with van der Waals surface area (Å²) in [6.07, 6.45) is 0.530. The third kappa shape index (κ3) is 3.20. The number of hydrogen-bond donors (Lipinski definition) is 1. The van der Waals surface area contributed by atoms with Gasteiger partial charge in [0.15, 0.2) is 0 Å². The minimum atomic E-state index is -0.527. The van der Waals surface area contributed by atoms with Gasteiger partial charge in [-0.05, 0) is 24.6 Å². The second kappa shape index (κ2) is 5.84. The third-order valence-electron chi connectivity index (χ3n) is 2.15. The van der Waals surface area contributed by atoms with E-state index in [4.69, 9.17) is 0 Å². The molecule has 1 unspecified atom stereocenters. The molecule has 5 heteroatoms. The van der Waals surface area contributed by atoms with Gasteiger partial charge in [-0.25, -0.2) is 9.18 Å². The molecular weight excluding hydrogens is 277 g/mol. The van der Waals surface area contributed by atoms with Crippen LogP contribution in [0.3, 0.4) is 0 Å². The van der Waals surface area contributed by atoms with E-state index in [0.717, 1.165) is 0 Å².